The van der Waals surface area contributed by atoms with Crippen LogP contribution in [0, 0.1) is 0 Å². The minimum atomic E-state index is -0.0351. The largest absolute Gasteiger partial charge is 0.493 e. The molecule has 2 aromatic carbocycles. The standard InChI is InChI=1S/C34H50N2O3S.BrH/c1-4-5-6-7-8-9-10-11-12-13-14-17-22-39-33-23-29(20-21-32(33)38-3)24-34(37)35-31-19-16-15-18-30(31)26-36-25-28(2)40-27-36;/h15-16,18-21,23,25H,4-14,17,22,24,26-27H2,1-3H3,(H,35,37);1H. The molecule has 0 spiro atoms. The number of hydrogen-bond acceptors (Lipinski definition) is 5. The molecule has 228 valence electrons. The number of benzene rings is 2. The number of allylic oxidation sites excluding steroid dienone is 1. The molecule has 1 aliphatic heterocycles. The van der Waals surface area contributed by atoms with Crippen molar-refractivity contribution in [2.24, 2.45) is 0 Å². The highest BCUT2D eigenvalue weighted by atomic mass is 79.9. The lowest BCUT2D eigenvalue weighted by molar-refractivity contribution is -0.115. The molecule has 0 atom stereocenters. The van der Waals surface area contributed by atoms with Crippen LogP contribution in [-0.2, 0) is 17.8 Å². The molecule has 2 aromatic rings. The number of nitrogens with one attached hydrogen (secondary N) is 1. The molecular formula is C34H51BrN2O3S. The summed E-state index contributed by atoms with van der Waals surface area (Å²) in [7, 11) is 1.66. The van der Waals surface area contributed by atoms with Crippen LogP contribution in [0.25, 0.3) is 0 Å². The molecule has 1 heterocycles. The minimum Gasteiger partial charge on any atom is -0.493 e. The van der Waals surface area contributed by atoms with Crippen LogP contribution in [-0.4, -0.2) is 30.4 Å². The van der Waals surface area contributed by atoms with Crippen molar-refractivity contribution in [1.29, 1.82) is 0 Å². The normalized spacial score (nSPS) is 12.6. The zero-order valence-electron chi connectivity index (χ0n) is 25.4. The maximum absolute atomic E-state index is 13.0. The van der Waals surface area contributed by atoms with Gasteiger partial charge in [-0.05, 0) is 47.6 Å². The van der Waals surface area contributed by atoms with E-state index in [1.807, 2.05) is 48.2 Å². The van der Waals surface area contributed by atoms with Gasteiger partial charge in [-0.15, -0.1) is 28.7 Å². The number of methoxy groups -OCH3 is 1. The van der Waals surface area contributed by atoms with Crippen molar-refractivity contribution >= 4 is 40.3 Å². The third-order valence-corrected chi connectivity index (χ3v) is 8.36. The highest BCUT2D eigenvalue weighted by Gasteiger charge is 2.14. The monoisotopic (exact) mass is 646 g/mol. The predicted molar refractivity (Wildman–Crippen MR) is 180 cm³/mol. The van der Waals surface area contributed by atoms with Crippen molar-refractivity contribution < 1.29 is 14.3 Å². The van der Waals surface area contributed by atoms with E-state index < -0.39 is 0 Å². The highest BCUT2D eigenvalue weighted by molar-refractivity contribution is 8.93. The SMILES string of the molecule is Br.CCCCCCCCCCCCCCOc1cc(CC(=O)Nc2ccccc2CN2C=C(C)SC2)ccc1OC. The number of carbonyl (C=O) groups excluding carboxylic acids is 1. The van der Waals surface area contributed by atoms with Crippen LogP contribution in [0.4, 0.5) is 5.69 Å². The molecule has 0 radical (unpaired) electrons. The van der Waals surface area contributed by atoms with Gasteiger partial charge in [-0.25, -0.2) is 0 Å². The van der Waals surface area contributed by atoms with E-state index in [-0.39, 0.29) is 29.3 Å². The molecule has 41 heavy (non-hydrogen) atoms. The lowest BCUT2D eigenvalue weighted by Crippen LogP contribution is -2.18. The van der Waals surface area contributed by atoms with E-state index in [9.17, 15) is 4.79 Å². The van der Waals surface area contributed by atoms with Gasteiger partial charge in [0.05, 0.1) is 26.0 Å². The van der Waals surface area contributed by atoms with Crippen LogP contribution >= 0.6 is 28.7 Å². The summed E-state index contributed by atoms with van der Waals surface area (Å²) >= 11 is 1.84. The van der Waals surface area contributed by atoms with Crippen molar-refractivity contribution in [3.8, 4) is 11.5 Å². The highest BCUT2D eigenvalue weighted by Crippen LogP contribution is 2.30. The zero-order valence-corrected chi connectivity index (χ0v) is 28.0. The van der Waals surface area contributed by atoms with Gasteiger partial charge in [0.15, 0.2) is 11.5 Å². The number of carbonyl (C=O) groups is 1. The summed E-state index contributed by atoms with van der Waals surface area (Å²) in [6, 6.07) is 13.8. The Kier molecular flexibility index (Phi) is 17.7. The number of ether oxygens (including phenoxy) is 2. The van der Waals surface area contributed by atoms with Gasteiger partial charge in [0.25, 0.3) is 0 Å². The second kappa shape index (κ2) is 20.7. The van der Waals surface area contributed by atoms with E-state index in [1.165, 1.54) is 75.5 Å². The lowest BCUT2D eigenvalue weighted by Gasteiger charge is -2.18. The number of para-hydroxylation sites is 1. The number of halogens is 1. The van der Waals surface area contributed by atoms with Crippen molar-refractivity contribution in [1.82, 2.24) is 4.90 Å². The molecule has 3 rings (SSSR count). The molecule has 1 N–H and O–H groups in total. The summed E-state index contributed by atoms with van der Waals surface area (Å²) in [5, 5.41) is 3.12. The molecule has 0 unspecified atom stereocenters. The van der Waals surface area contributed by atoms with Crippen LogP contribution < -0.4 is 14.8 Å². The van der Waals surface area contributed by atoms with E-state index in [2.05, 4.69) is 36.3 Å². The van der Waals surface area contributed by atoms with Gasteiger partial charge in [0, 0.05) is 18.4 Å². The average molecular weight is 648 g/mol. The number of hydrogen-bond donors (Lipinski definition) is 1. The molecule has 0 saturated heterocycles. The van der Waals surface area contributed by atoms with Gasteiger partial charge in [0.2, 0.25) is 5.91 Å². The van der Waals surface area contributed by atoms with Crippen molar-refractivity contribution in [3.63, 3.8) is 0 Å². The van der Waals surface area contributed by atoms with Gasteiger partial charge in [-0.2, -0.15) is 0 Å². The molecule has 1 amide bonds. The van der Waals surface area contributed by atoms with Crippen LogP contribution in [0.3, 0.4) is 0 Å². The second-order valence-electron chi connectivity index (χ2n) is 10.9. The van der Waals surface area contributed by atoms with E-state index >= 15 is 0 Å². The Morgan fingerprint density at radius 3 is 2.20 bits per heavy atom. The summed E-state index contributed by atoms with van der Waals surface area (Å²) in [6.45, 7) is 5.85. The number of nitrogens with zero attached hydrogens (tertiary/aromatic N) is 1. The summed E-state index contributed by atoms with van der Waals surface area (Å²) in [4.78, 5) is 16.6. The number of rotatable bonds is 20. The first-order valence-corrected chi connectivity index (χ1v) is 16.3. The van der Waals surface area contributed by atoms with E-state index in [1.54, 1.807) is 7.11 Å². The second-order valence-corrected chi connectivity index (χ2v) is 12.1. The molecule has 0 aromatic heterocycles. The Morgan fingerprint density at radius 1 is 0.902 bits per heavy atom. The maximum atomic E-state index is 13.0. The summed E-state index contributed by atoms with van der Waals surface area (Å²) in [5.41, 5.74) is 2.89. The fraction of sp³-hybridized carbons (Fsp3) is 0.559. The molecule has 5 nitrogen and oxygen atoms in total. The average Bonchev–Trinajstić information content (AvgIpc) is 3.36. The Morgan fingerprint density at radius 2 is 1.56 bits per heavy atom. The third kappa shape index (κ3) is 13.6. The van der Waals surface area contributed by atoms with Crippen LogP contribution in [0.1, 0.15) is 102 Å². The smallest absolute Gasteiger partial charge is 0.228 e. The number of unbranched alkanes of at least 4 members (excludes halogenated alkanes) is 11. The summed E-state index contributed by atoms with van der Waals surface area (Å²) in [6.07, 6.45) is 18.3. The fourth-order valence-electron chi connectivity index (χ4n) is 5.06. The minimum absolute atomic E-state index is 0. The summed E-state index contributed by atoms with van der Waals surface area (Å²) < 4.78 is 11.6. The van der Waals surface area contributed by atoms with Gasteiger partial charge < -0.3 is 19.7 Å². The van der Waals surface area contributed by atoms with Crippen LogP contribution in [0.2, 0.25) is 0 Å². The Hall–Kier alpha value is -2.12. The Labute approximate surface area is 263 Å². The summed E-state index contributed by atoms with van der Waals surface area (Å²) in [5.74, 6) is 2.33. The molecule has 1 aliphatic rings. The number of amides is 1. The zero-order chi connectivity index (χ0) is 28.4. The molecule has 0 bridgehead atoms. The predicted octanol–water partition coefficient (Wildman–Crippen LogP) is 9.90. The van der Waals surface area contributed by atoms with Crippen molar-refractivity contribution in [2.45, 2.75) is 104 Å². The van der Waals surface area contributed by atoms with E-state index in [0.717, 1.165) is 35.7 Å². The molecule has 0 fully saturated rings. The van der Waals surface area contributed by atoms with Gasteiger partial charge in [-0.3, -0.25) is 4.79 Å². The first-order valence-electron chi connectivity index (χ1n) is 15.3. The molecule has 0 aliphatic carbocycles. The molecule has 7 heteroatoms. The van der Waals surface area contributed by atoms with Crippen LogP contribution in [0.5, 0.6) is 11.5 Å². The number of thioether (sulfide) groups is 1. The van der Waals surface area contributed by atoms with E-state index in [4.69, 9.17) is 9.47 Å². The molecular weight excluding hydrogens is 596 g/mol. The Bertz CT molecular complexity index is 1060. The van der Waals surface area contributed by atoms with Crippen molar-refractivity contribution in [3.05, 3.63) is 64.7 Å². The van der Waals surface area contributed by atoms with Crippen LogP contribution in [0.15, 0.2) is 53.6 Å². The maximum Gasteiger partial charge on any atom is 0.228 e. The number of anilines is 1. The van der Waals surface area contributed by atoms with Gasteiger partial charge in [-0.1, -0.05) is 102 Å². The van der Waals surface area contributed by atoms with Gasteiger partial charge >= 0.3 is 0 Å². The lowest BCUT2D eigenvalue weighted by atomic mass is 10.1. The van der Waals surface area contributed by atoms with Crippen molar-refractivity contribution in [2.75, 3.05) is 24.9 Å². The third-order valence-electron chi connectivity index (χ3n) is 7.34. The Balaban J connectivity index is 0.00000588. The quantitative estimate of drug-likeness (QED) is 0.145. The first kappa shape index (κ1) is 35.1. The van der Waals surface area contributed by atoms with Gasteiger partial charge in [0.1, 0.15) is 0 Å². The van der Waals surface area contributed by atoms with E-state index in [0.29, 0.717) is 18.1 Å². The first-order chi connectivity index (χ1) is 19.6. The molecule has 0 saturated carbocycles. The topological polar surface area (TPSA) is 50.8 Å². The fourth-order valence-corrected chi connectivity index (χ4v) is 5.81.